The minimum Gasteiger partial charge on any atom is -0.334 e. The van der Waals surface area contributed by atoms with Crippen LogP contribution in [0.4, 0.5) is 8.78 Å². The molecule has 0 unspecified atom stereocenters. The van der Waals surface area contributed by atoms with E-state index in [1.54, 1.807) is 17.9 Å². The minimum absolute atomic E-state index is 0.152. The van der Waals surface area contributed by atoms with Crippen molar-refractivity contribution in [1.29, 1.82) is 0 Å². The molecule has 108 valence electrons. The summed E-state index contributed by atoms with van der Waals surface area (Å²) in [6, 6.07) is 1.27. The van der Waals surface area contributed by atoms with E-state index in [1.165, 1.54) is 24.2 Å². The topological polar surface area (TPSA) is 56.0 Å². The molecule has 0 spiro atoms. The molecule has 0 saturated heterocycles. The number of amides is 1. The molecule has 0 atom stereocenters. The molecule has 1 amide bonds. The van der Waals surface area contributed by atoms with Gasteiger partial charge in [-0.1, -0.05) is 0 Å². The fourth-order valence-corrected chi connectivity index (χ4v) is 2.22. The van der Waals surface area contributed by atoms with Crippen LogP contribution in [0.3, 0.4) is 0 Å². The van der Waals surface area contributed by atoms with Crippen molar-refractivity contribution in [2.75, 3.05) is 7.05 Å². The zero-order valence-electron chi connectivity index (χ0n) is 10.8. The van der Waals surface area contributed by atoms with Gasteiger partial charge < -0.3 is 4.90 Å². The first kappa shape index (κ1) is 14.6. The average Bonchev–Trinajstić information content (AvgIpc) is 2.99. The van der Waals surface area contributed by atoms with E-state index in [1.807, 2.05) is 0 Å². The Hall–Kier alpha value is -1.77. The van der Waals surface area contributed by atoms with Crippen LogP contribution in [0.5, 0.6) is 0 Å². The van der Waals surface area contributed by atoms with Gasteiger partial charge >= 0.3 is 6.55 Å². The Bertz CT molecular complexity index is 605. The summed E-state index contributed by atoms with van der Waals surface area (Å²) in [5.41, 5.74) is 0.616. The first-order chi connectivity index (χ1) is 9.41. The lowest BCUT2D eigenvalue weighted by molar-refractivity contribution is 0.0472. The number of halogens is 3. The summed E-state index contributed by atoms with van der Waals surface area (Å²) in [6.07, 6.45) is 2.78. The summed E-state index contributed by atoms with van der Waals surface area (Å²) in [4.78, 5) is 13.5. The highest BCUT2D eigenvalue weighted by Gasteiger charge is 2.22. The number of carbonyl (C=O) groups is 1. The second kappa shape index (κ2) is 5.70. The Balaban J connectivity index is 2.19. The van der Waals surface area contributed by atoms with E-state index < -0.39 is 12.5 Å². The summed E-state index contributed by atoms with van der Waals surface area (Å²) in [7, 11) is 3.27. The van der Waals surface area contributed by atoms with Crippen molar-refractivity contribution in [2.45, 2.75) is 13.1 Å². The van der Waals surface area contributed by atoms with E-state index in [4.69, 9.17) is 0 Å². The van der Waals surface area contributed by atoms with E-state index in [-0.39, 0.29) is 12.2 Å². The molecule has 2 aromatic rings. The summed E-state index contributed by atoms with van der Waals surface area (Å²) in [5.74, 6) is -0.532. The molecular weight excluding hydrogens is 336 g/mol. The Morgan fingerprint density at radius 2 is 2.20 bits per heavy atom. The quantitative estimate of drug-likeness (QED) is 0.850. The number of nitrogens with zero attached hydrogens (tertiary/aromatic N) is 5. The van der Waals surface area contributed by atoms with Crippen molar-refractivity contribution in [3.63, 3.8) is 0 Å². The van der Waals surface area contributed by atoms with Crippen LogP contribution in [-0.4, -0.2) is 37.4 Å². The predicted molar refractivity (Wildman–Crippen MR) is 70.2 cm³/mol. The van der Waals surface area contributed by atoms with Crippen LogP contribution in [0.15, 0.2) is 22.9 Å². The lowest BCUT2D eigenvalue weighted by atomic mass is 10.3. The lowest BCUT2D eigenvalue weighted by Gasteiger charge is -2.18. The summed E-state index contributed by atoms with van der Waals surface area (Å²) in [5, 5.41) is 7.48. The van der Waals surface area contributed by atoms with E-state index in [2.05, 4.69) is 26.1 Å². The third kappa shape index (κ3) is 2.72. The molecule has 20 heavy (non-hydrogen) atoms. The normalized spacial score (nSPS) is 11.1. The fourth-order valence-electron chi connectivity index (χ4n) is 1.75. The van der Waals surface area contributed by atoms with Gasteiger partial charge in [-0.05, 0) is 22.0 Å². The van der Waals surface area contributed by atoms with E-state index in [9.17, 15) is 13.6 Å². The monoisotopic (exact) mass is 347 g/mol. The van der Waals surface area contributed by atoms with Crippen molar-refractivity contribution in [3.05, 3.63) is 34.3 Å². The highest BCUT2D eigenvalue weighted by molar-refractivity contribution is 9.10. The Labute approximate surface area is 122 Å². The number of aryl methyl sites for hydroxylation is 1. The van der Waals surface area contributed by atoms with Crippen molar-refractivity contribution >= 4 is 21.8 Å². The van der Waals surface area contributed by atoms with E-state index >= 15 is 0 Å². The minimum atomic E-state index is -2.85. The molecular formula is C11H12BrF2N5O. The first-order valence-electron chi connectivity index (χ1n) is 5.65. The van der Waals surface area contributed by atoms with Gasteiger partial charge in [0.2, 0.25) is 0 Å². The summed E-state index contributed by atoms with van der Waals surface area (Å²) < 4.78 is 28.2. The molecule has 6 nitrogen and oxygen atoms in total. The first-order valence-corrected chi connectivity index (χ1v) is 6.44. The predicted octanol–water partition coefficient (Wildman–Crippen LogP) is 2.05. The smallest absolute Gasteiger partial charge is 0.333 e. The second-order valence-corrected chi connectivity index (χ2v) is 5.02. The number of hydrogen-bond donors (Lipinski definition) is 0. The van der Waals surface area contributed by atoms with Crippen LogP contribution in [0.1, 0.15) is 22.7 Å². The maximum atomic E-state index is 12.7. The molecule has 2 rings (SSSR count). The van der Waals surface area contributed by atoms with Crippen molar-refractivity contribution in [1.82, 2.24) is 24.5 Å². The third-order valence-electron chi connectivity index (χ3n) is 2.82. The molecule has 9 heteroatoms. The maximum Gasteiger partial charge on any atom is 0.333 e. The summed E-state index contributed by atoms with van der Waals surface area (Å²) in [6.45, 7) is -2.61. The third-order valence-corrected chi connectivity index (χ3v) is 3.48. The molecule has 2 heterocycles. The molecule has 0 saturated carbocycles. The maximum absolute atomic E-state index is 12.7. The van der Waals surface area contributed by atoms with Crippen molar-refractivity contribution in [3.8, 4) is 0 Å². The largest absolute Gasteiger partial charge is 0.334 e. The standard InChI is InChI=1S/C11H12BrF2N5O/c1-17(6-9-7(12)5-16-18(9)2)10(20)8-3-4-15-19(8)11(13)14/h3-5,11H,6H2,1-2H3. The molecule has 0 fully saturated rings. The Morgan fingerprint density at radius 3 is 2.75 bits per heavy atom. The molecule has 0 aliphatic carbocycles. The van der Waals surface area contributed by atoms with Crippen LogP contribution in [0, 0.1) is 0 Å². The molecule has 0 bridgehead atoms. The van der Waals surface area contributed by atoms with Gasteiger partial charge in [0.15, 0.2) is 0 Å². The Morgan fingerprint density at radius 1 is 1.50 bits per heavy atom. The highest BCUT2D eigenvalue weighted by atomic mass is 79.9. The summed E-state index contributed by atoms with van der Waals surface area (Å²) >= 11 is 3.32. The van der Waals surface area contributed by atoms with Gasteiger partial charge in [-0.3, -0.25) is 9.48 Å². The number of hydrogen-bond acceptors (Lipinski definition) is 3. The fraction of sp³-hybridized carbons (Fsp3) is 0.364. The molecule has 0 aliphatic rings. The number of alkyl halides is 2. The van der Waals surface area contributed by atoms with Crippen LogP contribution in [0.2, 0.25) is 0 Å². The molecule has 0 N–H and O–H groups in total. The second-order valence-electron chi connectivity index (χ2n) is 4.16. The van der Waals surface area contributed by atoms with Crippen molar-refractivity contribution in [2.24, 2.45) is 7.05 Å². The SMILES string of the molecule is CN(Cc1c(Br)cnn1C)C(=O)c1ccnn1C(F)F. The van der Waals surface area contributed by atoms with Gasteiger partial charge in [-0.2, -0.15) is 23.7 Å². The van der Waals surface area contributed by atoms with Gasteiger partial charge in [-0.15, -0.1) is 0 Å². The zero-order valence-corrected chi connectivity index (χ0v) is 12.4. The van der Waals surface area contributed by atoms with Gasteiger partial charge in [0.05, 0.1) is 22.9 Å². The van der Waals surface area contributed by atoms with E-state index in [0.29, 0.717) is 4.68 Å². The molecule has 0 aromatic carbocycles. The molecule has 2 aromatic heterocycles. The number of rotatable bonds is 4. The number of aromatic nitrogens is 4. The van der Waals surface area contributed by atoms with Gasteiger partial charge in [0.1, 0.15) is 5.69 Å². The molecule has 0 radical (unpaired) electrons. The average molecular weight is 348 g/mol. The van der Waals surface area contributed by atoms with Crippen LogP contribution in [-0.2, 0) is 13.6 Å². The van der Waals surface area contributed by atoms with Gasteiger partial charge in [0, 0.05) is 20.3 Å². The van der Waals surface area contributed by atoms with Gasteiger partial charge in [-0.25, -0.2) is 0 Å². The lowest BCUT2D eigenvalue weighted by Crippen LogP contribution is -2.29. The van der Waals surface area contributed by atoms with E-state index in [0.717, 1.165) is 10.2 Å². The molecule has 0 aliphatic heterocycles. The van der Waals surface area contributed by atoms with Crippen molar-refractivity contribution < 1.29 is 13.6 Å². The zero-order chi connectivity index (χ0) is 14.9. The Kier molecular flexibility index (Phi) is 4.17. The van der Waals surface area contributed by atoms with Gasteiger partial charge in [0.25, 0.3) is 5.91 Å². The number of carbonyl (C=O) groups excluding carboxylic acids is 1. The van der Waals surface area contributed by atoms with Crippen LogP contribution < -0.4 is 0 Å². The van der Waals surface area contributed by atoms with Crippen LogP contribution >= 0.6 is 15.9 Å². The highest BCUT2D eigenvalue weighted by Crippen LogP contribution is 2.18. The van der Waals surface area contributed by atoms with Crippen LogP contribution in [0.25, 0.3) is 0 Å².